The maximum Gasteiger partial charge on any atom is 0.317 e. The van der Waals surface area contributed by atoms with Crippen molar-refractivity contribution in [2.75, 3.05) is 112 Å². The molecule has 17 heteroatoms. The molecule has 3 heterocycles. The number of aromatic nitrogens is 3. The highest BCUT2D eigenvalue weighted by molar-refractivity contribution is 14.1. The number of amides is 4. The molecule has 0 aromatic carbocycles. The summed E-state index contributed by atoms with van der Waals surface area (Å²) in [7, 11) is 0. The van der Waals surface area contributed by atoms with Crippen molar-refractivity contribution in [3.8, 4) is 0 Å². The Bertz CT molecular complexity index is 1020. The molecule has 2 aliphatic rings. The quantitative estimate of drug-likeness (QED) is 0.0602. The number of hydrogen-bond acceptors (Lipinski definition) is 12. The van der Waals surface area contributed by atoms with E-state index in [2.05, 4.69) is 22.6 Å². The molecule has 1 N–H and O–H groups in total. The van der Waals surface area contributed by atoms with Gasteiger partial charge in [0.05, 0.1) is 116 Å². The fraction of sp³-hybridized carbons (Fsp3) is 0.828. The summed E-state index contributed by atoms with van der Waals surface area (Å²) in [6.45, 7) is 11.5. The first-order valence-electron chi connectivity index (χ1n) is 15.9. The van der Waals surface area contributed by atoms with Gasteiger partial charge in [0.2, 0.25) is 11.8 Å². The van der Waals surface area contributed by atoms with Crippen LogP contribution in [0.25, 0.3) is 0 Å². The Morgan fingerprint density at radius 2 is 1.37 bits per heavy atom. The van der Waals surface area contributed by atoms with Gasteiger partial charge in [-0.1, -0.05) is 34.7 Å². The molecule has 3 rings (SSSR count). The second-order valence-electron chi connectivity index (χ2n) is 10.8. The highest BCUT2D eigenvalue weighted by Gasteiger charge is 2.37. The summed E-state index contributed by atoms with van der Waals surface area (Å²) in [4.78, 5) is 39.0. The van der Waals surface area contributed by atoms with Crippen LogP contribution in [0.3, 0.4) is 0 Å². The monoisotopic (exact) mass is 768 g/mol. The van der Waals surface area contributed by atoms with Crippen LogP contribution in [0.15, 0.2) is 6.20 Å². The van der Waals surface area contributed by atoms with Crippen LogP contribution >= 0.6 is 22.6 Å². The number of carbonyl (C=O) groups excluding carboxylic acids is 3. The lowest BCUT2D eigenvalue weighted by Crippen LogP contribution is -2.39. The van der Waals surface area contributed by atoms with Crippen molar-refractivity contribution < 1.29 is 47.5 Å². The lowest BCUT2D eigenvalue weighted by molar-refractivity contribution is -0.138. The van der Waals surface area contributed by atoms with Gasteiger partial charge in [0.1, 0.15) is 5.69 Å². The highest BCUT2D eigenvalue weighted by atomic mass is 127. The molecular formula is C29H49IN6O10. The van der Waals surface area contributed by atoms with Crippen LogP contribution in [0, 0.1) is 5.92 Å². The summed E-state index contributed by atoms with van der Waals surface area (Å²) < 4.78 is 39.8. The Morgan fingerprint density at radius 3 is 1.85 bits per heavy atom. The number of alkyl halides is 1. The fourth-order valence-electron chi connectivity index (χ4n) is 4.53. The minimum atomic E-state index is -0.300. The highest BCUT2D eigenvalue weighted by Crippen LogP contribution is 2.21. The second kappa shape index (κ2) is 23.3. The number of carbonyl (C=O) groups is 3. The fourth-order valence-corrected chi connectivity index (χ4v) is 5.25. The smallest absolute Gasteiger partial charge is 0.317 e. The molecule has 2 saturated heterocycles. The van der Waals surface area contributed by atoms with Gasteiger partial charge in [0.15, 0.2) is 0 Å². The summed E-state index contributed by atoms with van der Waals surface area (Å²) in [6.07, 6.45) is 3.02. The van der Waals surface area contributed by atoms with E-state index in [1.807, 2.05) is 27.5 Å². The summed E-state index contributed by atoms with van der Waals surface area (Å²) in [6, 6.07) is -0.0128. The minimum Gasteiger partial charge on any atom is -0.377 e. The number of nitrogens with one attached hydrogen (secondary N) is 1. The van der Waals surface area contributed by atoms with Gasteiger partial charge in [0.25, 0.3) is 0 Å². The molecule has 2 aliphatic heterocycles. The third-order valence-corrected chi connectivity index (χ3v) is 8.00. The number of rotatable bonds is 26. The van der Waals surface area contributed by atoms with Gasteiger partial charge in [-0.3, -0.25) is 14.5 Å². The van der Waals surface area contributed by atoms with Gasteiger partial charge in [-0.15, -0.1) is 5.10 Å². The first-order valence-corrected chi connectivity index (χ1v) is 17.1. The van der Waals surface area contributed by atoms with E-state index in [0.29, 0.717) is 117 Å². The third-order valence-electron chi connectivity index (χ3n) is 7.03. The van der Waals surface area contributed by atoms with Gasteiger partial charge in [-0.2, -0.15) is 0 Å². The molecule has 2 fully saturated rings. The van der Waals surface area contributed by atoms with Gasteiger partial charge < -0.3 is 43.4 Å². The molecular weight excluding hydrogens is 719 g/mol. The van der Waals surface area contributed by atoms with Crippen molar-refractivity contribution in [1.82, 2.24) is 30.1 Å². The van der Waals surface area contributed by atoms with Crippen LogP contribution in [0.1, 0.15) is 25.5 Å². The largest absolute Gasteiger partial charge is 0.377 e. The van der Waals surface area contributed by atoms with Crippen molar-refractivity contribution in [2.45, 2.75) is 36.8 Å². The number of imide groups is 1. The number of hydrogen-bond donors (Lipinski definition) is 1. The summed E-state index contributed by atoms with van der Waals surface area (Å²) >= 11 is 1.99. The van der Waals surface area contributed by atoms with E-state index in [0.717, 1.165) is 19.5 Å². The molecule has 0 aliphatic carbocycles. The molecule has 2 atom stereocenters. The average molecular weight is 769 g/mol. The van der Waals surface area contributed by atoms with E-state index in [-0.39, 0.29) is 34.7 Å². The van der Waals surface area contributed by atoms with Crippen LogP contribution in [0.5, 0.6) is 0 Å². The van der Waals surface area contributed by atoms with E-state index >= 15 is 0 Å². The molecule has 1 aromatic rings. The zero-order chi connectivity index (χ0) is 32.8. The number of halogens is 1. The van der Waals surface area contributed by atoms with E-state index in [1.54, 1.807) is 10.9 Å². The molecule has 0 saturated carbocycles. The molecule has 0 spiro atoms. The van der Waals surface area contributed by atoms with Gasteiger partial charge in [-0.05, 0) is 12.3 Å². The third kappa shape index (κ3) is 15.7. The number of nitrogens with zero attached hydrogens (tertiary/aromatic N) is 5. The maximum absolute atomic E-state index is 12.0. The number of urea groups is 1. The molecule has 262 valence electrons. The zero-order valence-electron chi connectivity index (χ0n) is 26.8. The van der Waals surface area contributed by atoms with E-state index in [4.69, 9.17) is 33.2 Å². The van der Waals surface area contributed by atoms with Crippen LogP contribution in [-0.4, -0.2) is 159 Å². The summed E-state index contributed by atoms with van der Waals surface area (Å²) in [5.74, 6) is 0.224. The Kier molecular flexibility index (Phi) is 19.5. The summed E-state index contributed by atoms with van der Waals surface area (Å²) in [5.41, 5.74) is 0.567. The topological polar surface area (TPSA) is 165 Å². The van der Waals surface area contributed by atoms with Crippen LogP contribution in [0.2, 0.25) is 0 Å². The average Bonchev–Trinajstić information content (AvgIpc) is 3.75. The molecule has 4 amide bonds. The van der Waals surface area contributed by atoms with Gasteiger partial charge in [-0.25, -0.2) is 9.48 Å². The van der Waals surface area contributed by atoms with E-state index in [1.165, 1.54) is 4.90 Å². The Balaban J connectivity index is 0.974. The molecule has 0 radical (unpaired) electrons. The first-order chi connectivity index (χ1) is 22.4. The lowest BCUT2D eigenvalue weighted by atomic mass is 10.2. The Morgan fingerprint density at radius 1 is 0.848 bits per heavy atom. The molecule has 1 unspecified atom stereocenters. The minimum absolute atomic E-state index is 0.0128. The maximum atomic E-state index is 12.0. The molecule has 1 aromatic heterocycles. The normalized spacial score (nSPS) is 18.3. The van der Waals surface area contributed by atoms with Crippen molar-refractivity contribution >= 4 is 40.4 Å². The standard InChI is InChI=1S/C29H49IN6O10/c1-24-2-4-34(21-24)29(39)31-3-6-40-8-10-42-12-14-44-16-18-46-19-17-45-15-13-43-11-9-41-7-5-35-22-25(32-33-35)23-36-27(37)20-26(30)28(36)38/h22,24,26H,2-21,23H2,1H3,(H,31,39)/t24-,26?/m1/s1. The lowest BCUT2D eigenvalue weighted by Gasteiger charge is -2.16. The second-order valence-corrected chi connectivity index (χ2v) is 12.3. The molecule has 0 bridgehead atoms. The van der Waals surface area contributed by atoms with Crippen LogP contribution in [0.4, 0.5) is 4.79 Å². The Hall–Kier alpha value is -2.00. The van der Waals surface area contributed by atoms with Crippen LogP contribution in [-0.2, 0) is 55.8 Å². The number of likely N-dealkylation sites (tertiary alicyclic amines) is 2. The predicted molar refractivity (Wildman–Crippen MR) is 172 cm³/mol. The van der Waals surface area contributed by atoms with E-state index < -0.39 is 0 Å². The Labute approximate surface area is 284 Å². The van der Waals surface area contributed by atoms with Crippen molar-refractivity contribution in [3.05, 3.63) is 11.9 Å². The van der Waals surface area contributed by atoms with Crippen molar-refractivity contribution in [2.24, 2.45) is 5.92 Å². The number of ether oxygens (including phenoxy) is 7. The van der Waals surface area contributed by atoms with Gasteiger partial charge in [0, 0.05) is 26.1 Å². The zero-order valence-corrected chi connectivity index (χ0v) is 28.9. The van der Waals surface area contributed by atoms with E-state index in [9.17, 15) is 14.4 Å². The summed E-state index contributed by atoms with van der Waals surface area (Å²) in [5, 5.41) is 10.9. The predicted octanol–water partition coefficient (Wildman–Crippen LogP) is 0.508. The first kappa shape index (κ1) is 38.4. The van der Waals surface area contributed by atoms with Crippen molar-refractivity contribution in [1.29, 1.82) is 0 Å². The molecule has 46 heavy (non-hydrogen) atoms. The van der Waals surface area contributed by atoms with Gasteiger partial charge >= 0.3 is 6.03 Å². The van der Waals surface area contributed by atoms with Crippen molar-refractivity contribution in [3.63, 3.8) is 0 Å². The van der Waals surface area contributed by atoms with Crippen LogP contribution < -0.4 is 5.32 Å². The molecule has 16 nitrogen and oxygen atoms in total. The SMILES string of the molecule is C[C@@H]1CCN(C(=O)NCCOCCOCCOCCOCCOCCOCCOCCn2cc(CN3C(=O)CC(I)C3=O)nn2)C1.